The molecule has 0 saturated carbocycles. The van der Waals surface area contributed by atoms with E-state index in [2.05, 4.69) is 4.74 Å². The molecule has 2 unspecified atom stereocenters. The van der Waals surface area contributed by atoms with Crippen LogP contribution in [0, 0.1) is 0 Å². The van der Waals surface area contributed by atoms with Crippen LogP contribution in [0.2, 0.25) is 0 Å². The van der Waals surface area contributed by atoms with Gasteiger partial charge < -0.3 is 50.7 Å². The first-order chi connectivity index (χ1) is 11.4. The van der Waals surface area contributed by atoms with Crippen LogP contribution in [0.15, 0.2) is 0 Å². The van der Waals surface area contributed by atoms with Gasteiger partial charge in [-0.3, -0.25) is 9.59 Å². The Hall–Kier alpha value is -0.870. The molecule has 0 fully saturated rings. The van der Waals surface area contributed by atoms with E-state index >= 15 is 0 Å². The molecule has 0 aromatic carbocycles. The van der Waals surface area contributed by atoms with E-state index in [1.165, 1.54) is 0 Å². The van der Waals surface area contributed by atoms with Gasteiger partial charge >= 0.3 is 47.5 Å². The van der Waals surface area contributed by atoms with Gasteiger partial charge in [0.15, 0.2) is 5.60 Å². The van der Waals surface area contributed by atoms with Crippen molar-refractivity contribution in [3.63, 3.8) is 0 Å². The van der Waals surface area contributed by atoms with Crippen molar-refractivity contribution in [1.82, 2.24) is 0 Å². The topological polar surface area (TPSA) is 243 Å². The van der Waals surface area contributed by atoms with E-state index in [-0.39, 0.29) is 29.6 Å². The quantitative estimate of drug-likeness (QED) is 0.0899. The second kappa shape index (κ2) is 11.8. The van der Waals surface area contributed by atoms with E-state index in [0.717, 1.165) is 0 Å². The van der Waals surface area contributed by atoms with Crippen molar-refractivity contribution in [3.8, 4) is 0 Å². The molecule has 0 amide bonds. The molecule has 0 bridgehead atoms. The number of carbonyl (C=O) groups excluding carboxylic acids is 1. The molecule has 0 rings (SSSR count). The number of hydrogen-bond acceptors (Lipinski definition) is 11. The molecular weight excluding hydrogens is 375 g/mol. The van der Waals surface area contributed by atoms with Crippen LogP contribution in [-0.2, 0) is 19.1 Å². The van der Waals surface area contributed by atoms with E-state index in [1.54, 1.807) is 0 Å². The summed E-state index contributed by atoms with van der Waals surface area (Å²) in [5.74, 6) is -5.43. The molecular formula is C12H21NaO13. The molecule has 14 heteroatoms. The Morgan fingerprint density at radius 2 is 1.38 bits per heavy atom. The third-order valence-electron chi connectivity index (χ3n) is 3.10. The van der Waals surface area contributed by atoms with Crippen molar-refractivity contribution < 1.29 is 65.1 Å². The van der Waals surface area contributed by atoms with Gasteiger partial charge in [0.05, 0.1) is 19.4 Å². The van der Waals surface area contributed by atoms with Crippen molar-refractivity contribution in [2.24, 2.45) is 0 Å². The van der Waals surface area contributed by atoms with Gasteiger partial charge in [0.25, 0.3) is 0 Å². The Labute approximate surface area is 168 Å². The van der Waals surface area contributed by atoms with Gasteiger partial charge in [0.1, 0.15) is 24.4 Å². The maximum absolute atomic E-state index is 11.5. The molecule has 0 aromatic heterocycles. The number of rotatable bonds is 11. The van der Waals surface area contributed by atoms with Crippen molar-refractivity contribution in [2.45, 2.75) is 49.1 Å². The fraction of sp³-hybridized carbons (Fsp3) is 0.750. The van der Waals surface area contributed by atoms with Crippen LogP contribution in [0.25, 0.3) is 0 Å². The number of esters is 1. The SMILES string of the molecule is O=C(O)CC(O)(CC(=O)OC(O)[C@@H](O)[C@@H](O)[C@H](O)[C@H](O)CO)C(=O)O.[NaH]. The Morgan fingerprint density at radius 1 is 0.885 bits per heavy atom. The Morgan fingerprint density at radius 3 is 1.77 bits per heavy atom. The summed E-state index contributed by atoms with van der Waals surface area (Å²) < 4.78 is 4.16. The van der Waals surface area contributed by atoms with Gasteiger partial charge in [-0.2, -0.15) is 0 Å². The zero-order valence-corrected chi connectivity index (χ0v) is 12.7. The van der Waals surface area contributed by atoms with E-state index in [9.17, 15) is 39.9 Å². The summed E-state index contributed by atoms with van der Waals surface area (Å²) in [5, 5.41) is 82.3. The molecule has 6 atom stereocenters. The van der Waals surface area contributed by atoms with Crippen LogP contribution in [0.5, 0.6) is 0 Å². The van der Waals surface area contributed by atoms with E-state index in [4.69, 9.17) is 20.4 Å². The van der Waals surface area contributed by atoms with Crippen LogP contribution in [0.4, 0.5) is 0 Å². The number of hydrogen-bond donors (Lipinski definition) is 9. The van der Waals surface area contributed by atoms with Gasteiger partial charge in [-0.15, -0.1) is 0 Å². The van der Waals surface area contributed by atoms with E-state index < -0.39 is 73.7 Å². The summed E-state index contributed by atoms with van der Waals surface area (Å²) in [7, 11) is 0. The molecule has 26 heavy (non-hydrogen) atoms. The van der Waals surface area contributed by atoms with Crippen LogP contribution in [-0.4, -0.2) is 136 Å². The number of aliphatic hydroxyl groups excluding tert-OH is 6. The van der Waals surface area contributed by atoms with Crippen LogP contribution in [0.3, 0.4) is 0 Å². The summed E-state index contributed by atoms with van der Waals surface area (Å²) >= 11 is 0. The number of aliphatic carboxylic acids is 2. The van der Waals surface area contributed by atoms with Crippen LogP contribution >= 0.6 is 0 Å². The monoisotopic (exact) mass is 396 g/mol. The second-order valence-corrected chi connectivity index (χ2v) is 5.19. The van der Waals surface area contributed by atoms with E-state index in [1.807, 2.05) is 0 Å². The molecule has 0 aliphatic rings. The van der Waals surface area contributed by atoms with Crippen molar-refractivity contribution in [2.75, 3.05) is 6.61 Å². The van der Waals surface area contributed by atoms with Crippen LogP contribution in [0.1, 0.15) is 12.8 Å². The molecule has 148 valence electrons. The minimum atomic E-state index is -3.04. The third kappa shape index (κ3) is 8.22. The predicted molar refractivity (Wildman–Crippen MR) is 79.8 cm³/mol. The number of aliphatic hydroxyl groups is 7. The first-order valence-electron chi connectivity index (χ1n) is 6.74. The molecule has 0 spiro atoms. The summed E-state index contributed by atoms with van der Waals surface area (Å²) in [6, 6.07) is 0. The van der Waals surface area contributed by atoms with Gasteiger partial charge in [-0.1, -0.05) is 0 Å². The minimum absolute atomic E-state index is 0. The number of carbonyl (C=O) groups is 3. The molecule has 0 heterocycles. The van der Waals surface area contributed by atoms with Gasteiger partial charge in [0.2, 0.25) is 6.29 Å². The summed E-state index contributed by atoms with van der Waals surface area (Å²) in [5.41, 5.74) is -3.04. The molecule has 9 N–H and O–H groups in total. The number of carboxylic acid groups (broad SMARTS) is 2. The van der Waals surface area contributed by atoms with Crippen molar-refractivity contribution in [3.05, 3.63) is 0 Å². The number of carboxylic acids is 2. The molecule has 0 radical (unpaired) electrons. The van der Waals surface area contributed by atoms with Crippen molar-refractivity contribution in [1.29, 1.82) is 0 Å². The Bertz CT molecular complexity index is 486. The van der Waals surface area contributed by atoms with Crippen LogP contribution < -0.4 is 0 Å². The fourth-order valence-corrected chi connectivity index (χ4v) is 1.66. The first kappa shape index (κ1) is 27.3. The normalized spacial score (nSPS) is 19.0. The average Bonchev–Trinajstić information content (AvgIpc) is 2.50. The summed E-state index contributed by atoms with van der Waals surface area (Å²) in [6.07, 6.45) is -14.0. The summed E-state index contributed by atoms with van der Waals surface area (Å²) in [4.78, 5) is 32.9. The van der Waals surface area contributed by atoms with Crippen molar-refractivity contribution >= 4 is 47.5 Å². The van der Waals surface area contributed by atoms with Gasteiger partial charge in [-0.25, -0.2) is 4.79 Å². The average molecular weight is 396 g/mol. The predicted octanol–water partition coefficient (Wildman–Crippen LogP) is -5.68. The summed E-state index contributed by atoms with van der Waals surface area (Å²) in [6.45, 7) is -0.998. The van der Waals surface area contributed by atoms with E-state index in [0.29, 0.717) is 0 Å². The molecule has 0 aromatic rings. The molecule has 0 aliphatic carbocycles. The molecule has 0 saturated heterocycles. The second-order valence-electron chi connectivity index (χ2n) is 5.19. The third-order valence-corrected chi connectivity index (χ3v) is 3.10. The maximum atomic E-state index is 11.5. The Balaban J connectivity index is 0. The fourth-order valence-electron chi connectivity index (χ4n) is 1.66. The zero-order chi connectivity index (χ0) is 19.9. The zero-order valence-electron chi connectivity index (χ0n) is 12.7. The molecule has 0 aliphatic heterocycles. The van der Waals surface area contributed by atoms with Gasteiger partial charge in [-0.05, 0) is 0 Å². The molecule has 13 nitrogen and oxygen atoms in total. The Kier molecular flexibility index (Phi) is 12.4. The standard InChI is InChI=1S/C12H20O13.Na.H/c13-3-4(14)7(18)8(19)9(20)10(21)25-6(17)2-12(24,11(22)23)1-5(15)16;;/h4,7-10,13-14,18-21,24H,1-3H2,(H,15,16)(H,22,23);;/t4-,7-,8+,9+,10?,12?;;/m1../s1. The first-order valence-corrected chi connectivity index (χ1v) is 6.74. The number of ether oxygens (including phenoxy) is 1. The van der Waals surface area contributed by atoms with Gasteiger partial charge in [0, 0.05) is 0 Å².